The predicted octanol–water partition coefficient (Wildman–Crippen LogP) is -2.50. The van der Waals surface area contributed by atoms with Crippen molar-refractivity contribution in [3.8, 4) is 0 Å². The van der Waals surface area contributed by atoms with E-state index in [1.54, 1.807) is 0 Å². The number of aliphatic hydroxyl groups is 1. The monoisotopic (exact) mass is 381 g/mol. The van der Waals surface area contributed by atoms with Gasteiger partial charge in [-0.1, -0.05) is 0 Å². The van der Waals surface area contributed by atoms with Crippen LogP contribution in [0.3, 0.4) is 0 Å². The van der Waals surface area contributed by atoms with E-state index >= 15 is 0 Å². The molecule has 4 atom stereocenters. The predicted molar refractivity (Wildman–Crippen MR) is 85.4 cm³/mol. The van der Waals surface area contributed by atoms with Gasteiger partial charge in [-0.3, -0.25) is 9.63 Å². The largest absolute Gasteiger partial charge is 0.477 e. The number of carbonyl (C=O) groups excluding carboxylic acids is 1. The van der Waals surface area contributed by atoms with Gasteiger partial charge in [-0.15, -0.1) is 0 Å². The van der Waals surface area contributed by atoms with Crippen molar-refractivity contribution in [1.29, 1.82) is 0 Å². The molecule has 0 aliphatic carbocycles. The van der Waals surface area contributed by atoms with Crippen LogP contribution >= 0.6 is 0 Å². The molecule has 0 aromatic rings. The number of carboxylic acid groups (broad SMARTS) is 1. The summed E-state index contributed by atoms with van der Waals surface area (Å²) in [7, 11) is 1.17. The summed E-state index contributed by atoms with van der Waals surface area (Å²) in [5.74, 6) is 1.08. The normalized spacial score (nSPS) is 28.7. The Kier molecular flexibility index (Phi) is 9.90. The summed E-state index contributed by atoms with van der Waals surface area (Å²) >= 11 is 0. The Bertz CT molecular complexity index is 453. The number of nitrogens with one attached hydrogen (secondary N) is 2. The van der Waals surface area contributed by atoms with Crippen molar-refractivity contribution in [3.63, 3.8) is 0 Å². The number of aliphatic hydroxyl groups excluding tert-OH is 1. The van der Waals surface area contributed by atoms with Gasteiger partial charge in [0.2, 0.25) is 5.91 Å². The fourth-order valence-corrected chi connectivity index (χ4v) is 2.49. The van der Waals surface area contributed by atoms with Crippen molar-refractivity contribution < 1.29 is 43.7 Å². The van der Waals surface area contributed by atoms with Gasteiger partial charge in [0.25, 0.3) is 5.79 Å². The van der Waals surface area contributed by atoms with Gasteiger partial charge >= 0.3 is 5.97 Å². The van der Waals surface area contributed by atoms with Crippen LogP contribution in [-0.4, -0.2) is 86.2 Å². The number of hydrogen-bond acceptors (Lipinski definition) is 10. The maximum atomic E-state index is 11.5. The lowest BCUT2D eigenvalue weighted by Gasteiger charge is -2.44. The van der Waals surface area contributed by atoms with E-state index in [1.165, 1.54) is 14.0 Å². The number of carboxylic acids is 1. The Balaban J connectivity index is 2.57. The zero-order chi connectivity index (χ0) is 19.6. The minimum Gasteiger partial charge on any atom is -0.477 e. The van der Waals surface area contributed by atoms with Crippen LogP contribution in [0, 0.1) is 0 Å². The van der Waals surface area contributed by atoms with Crippen molar-refractivity contribution in [1.82, 2.24) is 10.8 Å². The quantitative estimate of drug-likeness (QED) is 0.179. The van der Waals surface area contributed by atoms with Crippen molar-refractivity contribution in [2.45, 2.75) is 37.4 Å². The molecule has 26 heavy (non-hydrogen) atoms. The molecule has 1 saturated heterocycles. The van der Waals surface area contributed by atoms with Crippen molar-refractivity contribution in [2.75, 3.05) is 40.1 Å². The molecule has 0 saturated carbocycles. The highest BCUT2D eigenvalue weighted by Gasteiger charge is 2.52. The SMILES string of the molecule is COC1(C(=O)O)CC(O)C(NC(C)=O)C(CNOCCOCCON)O1. The van der Waals surface area contributed by atoms with Gasteiger partial charge in [0.05, 0.1) is 44.7 Å². The molecule has 1 amide bonds. The van der Waals surface area contributed by atoms with Crippen LogP contribution in [0.2, 0.25) is 0 Å². The molecule has 4 unspecified atom stereocenters. The summed E-state index contributed by atoms with van der Waals surface area (Å²) < 4.78 is 15.6. The van der Waals surface area contributed by atoms with Crippen LogP contribution in [0.4, 0.5) is 0 Å². The van der Waals surface area contributed by atoms with Crippen LogP contribution in [0.25, 0.3) is 0 Å². The third-order valence-corrected chi connectivity index (χ3v) is 3.72. The number of hydrogen-bond donors (Lipinski definition) is 5. The number of methoxy groups -OCH3 is 1. The first kappa shape index (κ1) is 22.7. The van der Waals surface area contributed by atoms with Gasteiger partial charge < -0.3 is 34.6 Å². The molecule has 1 fully saturated rings. The second-order valence-corrected chi connectivity index (χ2v) is 5.60. The third kappa shape index (κ3) is 6.74. The number of nitrogens with two attached hydrogens (primary N) is 1. The fourth-order valence-electron chi connectivity index (χ4n) is 2.49. The van der Waals surface area contributed by atoms with Gasteiger partial charge in [0.1, 0.15) is 0 Å². The third-order valence-electron chi connectivity index (χ3n) is 3.72. The molecule has 152 valence electrons. The van der Waals surface area contributed by atoms with E-state index < -0.39 is 30.0 Å². The molecular formula is C14H27N3O9. The van der Waals surface area contributed by atoms with Gasteiger partial charge in [0.15, 0.2) is 0 Å². The summed E-state index contributed by atoms with van der Waals surface area (Å²) in [4.78, 5) is 32.3. The van der Waals surface area contributed by atoms with E-state index in [0.717, 1.165) is 0 Å². The highest BCUT2D eigenvalue weighted by Crippen LogP contribution is 2.30. The number of carbonyl (C=O) groups is 2. The van der Waals surface area contributed by atoms with Crippen molar-refractivity contribution in [2.24, 2.45) is 5.90 Å². The first-order valence-electron chi connectivity index (χ1n) is 8.02. The Morgan fingerprint density at radius 2 is 2.00 bits per heavy atom. The molecular weight excluding hydrogens is 354 g/mol. The molecule has 1 heterocycles. The molecule has 12 heteroatoms. The summed E-state index contributed by atoms with van der Waals surface area (Å²) in [5.41, 5.74) is 2.60. The van der Waals surface area contributed by atoms with E-state index in [0.29, 0.717) is 6.61 Å². The number of hydroxylamine groups is 1. The van der Waals surface area contributed by atoms with Gasteiger partial charge in [-0.25, -0.2) is 10.7 Å². The molecule has 0 aromatic carbocycles. The van der Waals surface area contributed by atoms with E-state index in [-0.39, 0.29) is 38.7 Å². The molecule has 1 rings (SSSR count). The fraction of sp³-hybridized carbons (Fsp3) is 0.857. The lowest BCUT2D eigenvalue weighted by molar-refractivity contribution is -0.287. The van der Waals surface area contributed by atoms with Gasteiger partial charge in [0, 0.05) is 27.0 Å². The second-order valence-electron chi connectivity index (χ2n) is 5.60. The van der Waals surface area contributed by atoms with Crippen LogP contribution < -0.4 is 16.7 Å². The molecule has 0 bridgehead atoms. The molecule has 1 aliphatic rings. The first-order chi connectivity index (χ1) is 12.4. The number of aliphatic carboxylic acids is 1. The van der Waals surface area contributed by atoms with Gasteiger partial charge in [-0.2, -0.15) is 5.48 Å². The minimum atomic E-state index is -2.01. The summed E-state index contributed by atoms with van der Waals surface area (Å²) in [6, 6.07) is -0.829. The van der Waals surface area contributed by atoms with Crippen molar-refractivity contribution in [3.05, 3.63) is 0 Å². The standard InChI is InChI=1S/C14H27N3O9/c1-9(18)17-12-10(19)7-14(22-2,13(20)21)26-11(12)8-16-25-6-4-23-3-5-24-15/h10-12,16,19H,3-8,15H2,1-2H3,(H,17,18)(H,20,21). The summed E-state index contributed by atoms with van der Waals surface area (Å²) in [5, 5.41) is 22.2. The van der Waals surface area contributed by atoms with E-state index in [1.807, 2.05) is 0 Å². The average molecular weight is 381 g/mol. The van der Waals surface area contributed by atoms with Crippen LogP contribution in [0.5, 0.6) is 0 Å². The average Bonchev–Trinajstić information content (AvgIpc) is 2.59. The Morgan fingerprint density at radius 3 is 2.58 bits per heavy atom. The molecule has 0 aromatic heterocycles. The second kappa shape index (κ2) is 11.4. The highest BCUT2D eigenvalue weighted by molar-refractivity contribution is 5.76. The zero-order valence-corrected chi connectivity index (χ0v) is 14.8. The number of amides is 1. The lowest BCUT2D eigenvalue weighted by Crippen LogP contribution is -2.65. The summed E-state index contributed by atoms with van der Waals surface area (Å²) in [6.45, 7) is 2.32. The number of rotatable bonds is 12. The Morgan fingerprint density at radius 1 is 1.31 bits per heavy atom. The van der Waals surface area contributed by atoms with E-state index in [4.69, 9.17) is 24.9 Å². The first-order valence-corrected chi connectivity index (χ1v) is 8.02. The van der Waals surface area contributed by atoms with Crippen LogP contribution in [-0.2, 0) is 33.5 Å². The van der Waals surface area contributed by atoms with Crippen LogP contribution in [0.15, 0.2) is 0 Å². The maximum Gasteiger partial charge on any atom is 0.364 e. The number of ether oxygens (including phenoxy) is 3. The van der Waals surface area contributed by atoms with E-state index in [9.17, 15) is 19.8 Å². The maximum absolute atomic E-state index is 11.5. The van der Waals surface area contributed by atoms with Crippen LogP contribution in [0.1, 0.15) is 13.3 Å². The molecule has 1 aliphatic heterocycles. The summed E-state index contributed by atoms with van der Waals surface area (Å²) in [6.07, 6.45) is -2.43. The Hall–Kier alpha value is -1.38. The van der Waals surface area contributed by atoms with Gasteiger partial charge in [-0.05, 0) is 0 Å². The smallest absolute Gasteiger partial charge is 0.364 e. The highest BCUT2D eigenvalue weighted by atomic mass is 16.7. The minimum absolute atomic E-state index is 0.00763. The molecule has 0 spiro atoms. The molecule has 12 nitrogen and oxygen atoms in total. The topological polar surface area (TPSA) is 171 Å². The molecule has 0 radical (unpaired) electrons. The zero-order valence-electron chi connectivity index (χ0n) is 14.8. The molecule has 6 N–H and O–H groups in total. The van der Waals surface area contributed by atoms with Crippen molar-refractivity contribution >= 4 is 11.9 Å². The Labute approximate surface area is 150 Å². The van der Waals surface area contributed by atoms with E-state index in [2.05, 4.69) is 15.6 Å². The lowest BCUT2D eigenvalue weighted by atomic mass is 9.93.